The lowest BCUT2D eigenvalue weighted by molar-refractivity contribution is -0.118. The number of carbonyl (C=O) groups is 1. The number of benzene rings is 1. The van der Waals surface area contributed by atoms with Crippen LogP contribution in [-0.2, 0) is 4.79 Å². The van der Waals surface area contributed by atoms with E-state index in [9.17, 15) is 4.79 Å². The van der Waals surface area contributed by atoms with Gasteiger partial charge in [0.2, 0.25) is 0 Å². The van der Waals surface area contributed by atoms with Gasteiger partial charge in [-0.05, 0) is 25.1 Å². The third-order valence-electron chi connectivity index (χ3n) is 2.50. The van der Waals surface area contributed by atoms with E-state index in [4.69, 9.17) is 5.73 Å². The zero-order valence-corrected chi connectivity index (χ0v) is 9.13. The first kappa shape index (κ1) is 10.6. The summed E-state index contributed by atoms with van der Waals surface area (Å²) in [5.74, 6) is -0.117. The third kappa shape index (κ3) is 2.04. The molecule has 1 aliphatic rings. The Morgan fingerprint density at radius 2 is 1.88 bits per heavy atom. The van der Waals surface area contributed by atoms with Gasteiger partial charge in [-0.15, -0.1) is 0 Å². The fourth-order valence-electron chi connectivity index (χ4n) is 1.55. The third-order valence-corrected chi connectivity index (χ3v) is 2.50. The fraction of sp³-hybridized carbons (Fsp3) is 0.154. The van der Waals surface area contributed by atoms with E-state index in [-0.39, 0.29) is 5.91 Å². The maximum atomic E-state index is 11.9. The van der Waals surface area contributed by atoms with Gasteiger partial charge in [-0.2, -0.15) is 0 Å². The molecule has 3 heteroatoms. The second-order valence-corrected chi connectivity index (χ2v) is 3.80. The van der Waals surface area contributed by atoms with E-state index in [1.54, 1.807) is 23.3 Å². The molecule has 16 heavy (non-hydrogen) atoms. The molecule has 1 atom stereocenters. The van der Waals surface area contributed by atoms with Crippen LogP contribution in [-0.4, -0.2) is 11.9 Å². The van der Waals surface area contributed by atoms with Gasteiger partial charge in [0.05, 0.1) is 0 Å². The summed E-state index contributed by atoms with van der Waals surface area (Å²) in [6.45, 7) is 2.01. The number of amides is 1. The number of aryl methyl sites for hydroxylation is 1. The quantitative estimate of drug-likeness (QED) is 0.774. The van der Waals surface area contributed by atoms with Gasteiger partial charge in [0.25, 0.3) is 5.91 Å². The molecule has 1 aromatic carbocycles. The Morgan fingerprint density at radius 3 is 2.56 bits per heavy atom. The van der Waals surface area contributed by atoms with Gasteiger partial charge in [-0.1, -0.05) is 29.8 Å². The maximum absolute atomic E-state index is 11.9. The summed E-state index contributed by atoms with van der Waals surface area (Å²) in [6, 6.07) is 7.20. The highest BCUT2D eigenvalue weighted by molar-refractivity contribution is 6.00. The van der Waals surface area contributed by atoms with E-state index >= 15 is 0 Å². The molecule has 0 spiro atoms. The monoisotopic (exact) mass is 214 g/mol. The zero-order valence-electron chi connectivity index (χ0n) is 9.13. The van der Waals surface area contributed by atoms with E-state index in [0.717, 1.165) is 11.3 Å². The molecule has 2 rings (SSSR count). The average Bonchev–Trinajstić information content (AvgIpc) is 2.44. The van der Waals surface area contributed by atoms with Crippen LogP contribution in [0.5, 0.6) is 0 Å². The highest BCUT2D eigenvalue weighted by atomic mass is 16.2. The number of hydrogen-bond donors (Lipinski definition) is 1. The van der Waals surface area contributed by atoms with Gasteiger partial charge in [0, 0.05) is 11.9 Å². The van der Waals surface area contributed by atoms with Crippen LogP contribution < -0.4 is 10.6 Å². The molecule has 82 valence electrons. The van der Waals surface area contributed by atoms with Crippen molar-refractivity contribution in [1.29, 1.82) is 0 Å². The van der Waals surface area contributed by atoms with Crippen LogP contribution in [0, 0.1) is 6.92 Å². The van der Waals surface area contributed by atoms with Gasteiger partial charge in [-0.3, -0.25) is 9.69 Å². The van der Waals surface area contributed by atoms with E-state index in [0.29, 0.717) is 0 Å². The second-order valence-electron chi connectivity index (χ2n) is 3.80. The van der Waals surface area contributed by atoms with E-state index < -0.39 is 6.04 Å². The van der Waals surface area contributed by atoms with Crippen molar-refractivity contribution < 1.29 is 4.79 Å². The molecule has 0 unspecified atom stereocenters. The first-order valence-corrected chi connectivity index (χ1v) is 5.19. The first-order valence-electron chi connectivity index (χ1n) is 5.19. The average molecular weight is 214 g/mol. The lowest BCUT2D eigenvalue weighted by Gasteiger charge is -2.19. The smallest absolute Gasteiger partial charge is 0.251 e. The van der Waals surface area contributed by atoms with Crippen LogP contribution in [0.2, 0.25) is 0 Å². The minimum absolute atomic E-state index is 0.117. The molecule has 1 aliphatic heterocycles. The number of hydrogen-bond acceptors (Lipinski definition) is 2. The number of anilines is 1. The number of rotatable bonds is 1. The lowest BCUT2D eigenvalue weighted by atomic mass is 10.2. The Labute approximate surface area is 94.9 Å². The SMILES string of the molecule is Cc1ccc(N2C=CC=C[C@@H](N)C2=O)cc1. The van der Waals surface area contributed by atoms with E-state index in [1.807, 2.05) is 37.3 Å². The molecule has 0 bridgehead atoms. The van der Waals surface area contributed by atoms with Crippen LogP contribution >= 0.6 is 0 Å². The molecule has 0 fully saturated rings. The zero-order chi connectivity index (χ0) is 11.5. The van der Waals surface area contributed by atoms with Crippen LogP contribution in [0.1, 0.15) is 5.56 Å². The molecule has 0 aliphatic carbocycles. The Bertz CT molecular complexity index is 446. The van der Waals surface area contributed by atoms with Crippen molar-refractivity contribution in [3.05, 3.63) is 54.3 Å². The van der Waals surface area contributed by atoms with Gasteiger partial charge < -0.3 is 5.73 Å². The van der Waals surface area contributed by atoms with Crippen LogP contribution in [0.3, 0.4) is 0 Å². The minimum atomic E-state index is -0.573. The molecule has 0 aromatic heterocycles. The summed E-state index contributed by atoms with van der Waals surface area (Å²) in [4.78, 5) is 13.5. The number of carbonyl (C=O) groups excluding carboxylic acids is 1. The molecule has 1 amide bonds. The van der Waals surface area contributed by atoms with Crippen LogP contribution in [0.15, 0.2) is 48.7 Å². The van der Waals surface area contributed by atoms with Crippen molar-refractivity contribution in [2.45, 2.75) is 13.0 Å². The fourth-order valence-corrected chi connectivity index (χ4v) is 1.55. The highest BCUT2D eigenvalue weighted by Crippen LogP contribution is 2.17. The first-order chi connectivity index (χ1) is 7.68. The molecular weight excluding hydrogens is 200 g/mol. The van der Waals surface area contributed by atoms with Crippen molar-refractivity contribution in [3.8, 4) is 0 Å². The number of nitrogens with zero attached hydrogens (tertiary/aromatic N) is 1. The predicted molar refractivity (Wildman–Crippen MR) is 64.9 cm³/mol. The van der Waals surface area contributed by atoms with Crippen molar-refractivity contribution in [1.82, 2.24) is 0 Å². The summed E-state index contributed by atoms with van der Waals surface area (Å²) >= 11 is 0. The van der Waals surface area contributed by atoms with E-state index in [1.165, 1.54) is 0 Å². The van der Waals surface area contributed by atoms with E-state index in [2.05, 4.69) is 0 Å². The van der Waals surface area contributed by atoms with Crippen molar-refractivity contribution in [3.63, 3.8) is 0 Å². The summed E-state index contributed by atoms with van der Waals surface area (Å²) in [5.41, 5.74) is 7.72. The topological polar surface area (TPSA) is 46.3 Å². The van der Waals surface area contributed by atoms with Crippen molar-refractivity contribution in [2.75, 3.05) is 4.90 Å². The van der Waals surface area contributed by atoms with Gasteiger partial charge in [0.1, 0.15) is 6.04 Å². The van der Waals surface area contributed by atoms with Gasteiger partial charge in [-0.25, -0.2) is 0 Å². The Kier molecular flexibility index (Phi) is 2.88. The van der Waals surface area contributed by atoms with Gasteiger partial charge in [0.15, 0.2) is 0 Å². The molecule has 1 aromatic rings. The van der Waals surface area contributed by atoms with Crippen molar-refractivity contribution >= 4 is 11.6 Å². The standard InChI is InChI=1S/C13H14N2O/c1-10-5-7-11(8-6-10)15-9-3-2-4-12(14)13(15)16/h2-9,12H,14H2,1H3/t12-/m1/s1. The van der Waals surface area contributed by atoms with Crippen LogP contribution in [0.4, 0.5) is 5.69 Å². The molecule has 0 saturated carbocycles. The predicted octanol–water partition coefficient (Wildman–Crippen LogP) is 1.74. The Hall–Kier alpha value is -1.87. The molecular formula is C13H14N2O. The number of allylic oxidation sites excluding steroid dienone is 2. The molecule has 0 saturated heterocycles. The Balaban J connectivity index is 2.33. The molecule has 3 nitrogen and oxygen atoms in total. The normalized spacial score (nSPS) is 20.0. The summed E-state index contributed by atoms with van der Waals surface area (Å²) in [7, 11) is 0. The second kappa shape index (κ2) is 4.33. The summed E-state index contributed by atoms with van der Waals surface area (Å²) in [5, 5.41) is 0. The van der Waals surface area contributed by atoms with Gasteiger partial charge >= 0.3 is 0 Å². The summed E-state index contributed by atoms with van der Waals surface area (Å²) < 4.78 is 0. The molecule has 2 N–H and O–H groups in total. The van der Waals surface area contributed by atoms with Crippen LogP contribution in [0.25, 0.3) is 0 Å². The largest absolute Gasteiger partial charge is 0.317 e. The summed E-state index contributed by atoms with van der Waals surface area (Å²) in [6.07, 6.45) is 7.02. The lowest BCUT2D eigenvalue weighted by Crippen LogP contribution is -2.39. The highest BCUT2D eigenvalue weighted by Gasteiger charge is 2.19. The number of nitrogens with two attached hydrogens (primary N) is 1. The Morgan fingerprint density at radius 1 is 1.19 bits per heavy atom. The van der Waals surface area contributed by atoms with Crippen molar-refractivity contribution in [2.24, 2.45) is 5.73 Å². The minimum Gasteiger partial charge on any atom is -0.317 e. The molecule has 1 heterocycles. The maximum Gasteiger partial charge on any atom is 0.251 e. The molecule has 0 radical (unpaired) electrons.